The molecule has 1 aromatic heterocycles. The van der Waals surface area contributed by atoms with Crippen molar-refractivity contribution in [3.63, 3.8) is 0 Å². The molecule has 0 radical (unpaired) electrons. The second kappa shape index (κ2) is 12.3. The minimum absolute atomic E-state index is 0.0213. The minimum atomic E-state index is -0.654. The average molecular weight is 483 g/mol. The standard InChI is InChI=1S/C25H27FN4O5/c1-3-30(4-2)15-17-13-14-22(35-17)25(33)29-28-24(32)18-9-5-8-12-21(18)34-16-23(31)27-20-11-7-6-10-19(20)26/h5-14H,3-4,15-16H2,1-2H3,(H,27,31)(H,28,32)(H,29,33). The molecule has 3 amide bonds. The van der Waals surface area contributed by atoms with E-state index in [9.17, 15) is 18.8 Å². The third-order valence-corrected chi connectivity index (χ3v) is 5.09. The Labute approximate surface area is 202 Å². The van der Waals surface area contributed by atoms with Crippen LogP contribution in [0, 0.1) is 5.82 Å². The average Bonchev–Trinajstić information content (AvgIpc) is 3.34. The second-order valence-corrected chi connectivity index (χ2v) is 7.45. The van der Waals surface area contributed by atoms with Crippen LogP contribution in [0.15, 0.2) is 65.1 Å². The molecule has 3 aromatic rings. The Bertz CT molecular complexity index is 1180. The van der Waals surface area contributed by atoms with Crippen molar-refractivity contribution in [3.05, 3.63) is 83.6 Å². The van der Waals surface area contributed by atoms with Gasteiger partial charge in [0.1, 0.15) is 17.3 Å². The summed E-state index contributed by atoms with van der Waals surface area (Å²) in [6, 6.07) is 15.2. The predicted molar refractivity (Wildman–Crippen MR) is 127 cm³/mol. The predicted octanol–water partition coefficient (Wildman–Crippen LogP) is 3.35. The Morgan fingerprint density at radius 3 is 2.34 bits per heavy atom. The number of halogens is 1. The van der Waals surface area contributed by atoms with Gasteiger partial charge in [0.2, 0.25) is 0 Å². The number of carbonyl (C=O) groups is 3. The fraction of sp³-hybridized carbons (Fsp3) is 0.240. The topological polar surface area (TPSA) is 113 Å². The molecule has 2 aromatic carbocycles. The van der Waals surface area contributed by atoms with Gasteiger partial charge in [0, 0.05) is 0 Å². The normalized spacial score (nSPS) is 10.6. The van der Waals surface area contributed by atoms with E-state index in [1.54, 1.807) is 24.3 Å². The molecule has 0 unspecified atom stereocenters. The van der Waals surface area contributed by atoms with Gasteiger partial charge >= 0.3 is 5.91 Å². The molecule has 0 saturated carbocycles. The molecule has 0 aliphatic rings. The van der Waals surface area contributed by atoms with Crippen LogP contribution in [-0.2, 0) is 11.3 Å². The fourth-order valence-electron chi connectivity index (χ4n) is 3.17. The third-order valence-electron chi connectivity index (χ3n) is 5.09. The van der Waals surface area contributed by atoms with Gasteiger partial charge in [0.05, 0.1) is 17.8 Å². The van der Waals surface area contributed by atoms with E-state index in [1.165, 1.54) is 36.4 Å². The zero-order valence-electron chi connectivity index (χ0n) is 19.5. The highest BCUT2D eigenvalue weighted by Gasteiger charge is 2.17. The van der Waals surface area contributed by atoms with Gasteiger partial charge in [-0.3, -0.25) is 30.1 Å². The molecule has 1 heterocycles. The molecule has 0 saturated heterocycles. The summed E-state index contributed by atoms with van der Waals surface area (Å²) in [6.45, 7) is 5.88. The summed E-state index contributed by atoms with van der Waals surface area (Å²) in [5.74, 6) is -1.64. The van der Waals surface area contributed by atoms with Crippen molar-refractivity contribution in [3.8, 4) is 5.75 Å². The van der Waals surface area contributed by atoms with Crippen LogP contribution in [0.25, 0.3) is 0 Å². The van der Waals surface area contributed by atoms with Crippen molar-refractivity contribution >= 4 is 23.4 Å². The van der Waals surface area contributed by atoms with E-state index in [2.05, 4.69) is 21.1 Å². The van der Waals surface area contributed by atoms with Gasteiger partial charge in [-0.05, 0) is 49.5 Å². The number of carbonyl (C=O) groups excluding carboxylic acids is 3. The largest absolute Gasteiger partial charge is 0.483 e. The molecule has 0 spiro atoms. The van der Waals surface area contributed by atoms with Gasteiger partial charge < -0.3 is 14.5 Å². The lowest BCUT2D eigenvalue weighted by atomic mass is 10.2. The van der Waals surface area contributed by atoms with Crippen molar-refractivity contribution in [1.29, 1.82) is 0 Å². The third kappa shape index (κ3) is 7.15. The summed E-state index contributed by atoms with van der Waals surface area (Å²) in [5, 5.41) is 2.40. The first-order valence-electron chi connectivity index (χ1n) is 11.1. The molecule has 3 rings (SSSR count). The van der Waals surface area contributed by atoms with Gasteiger partial charge in [0.25, 0.3) is 11.8 Å². The van der Waals surface area contributed by atoms with E-state index in [4.69, 9.17) is 9.15 Å². The number of para-hydroxylation sites is 2. The van der Waals surface area contributed by atoms with Crippen LogP contribution < -0.4 is 20.9 Å². The van der Waals surface area contributed by atoms with Crippen LogP contribution in [0.2, 0.25) is 0 Å². The number of ether oxygens (including phenoxy) is 1. The number of hydrogen-bond donors (Lipinski definition) is 3. The highest BCUT2D eigenvalue weighted by molar-refractivity contribution is 6.00. The van der Waals surface area contributed by atoms with Gasteiger partial charge in [-0.2, -0.15) is 0 Å². The van der Waals surface area contributed by atoms with Gasteiger partial charge in [-0.25, -0.2) is 4.39 Å². The zero-order valence-corrected chi connectivity index (χ0v) is 19.5. The molecule has 0 aliphatic heterocycles. The number of hydrogen-bond acceptors (Lipinski definition) is 6. The van der Waals surface area contributed by atoms with Crippen molar-refractivity contribution in [2.24, 2.45) is 0 Å². The number of benzene rings is 2. The molecule has 0 fully saturated rings. The Morgan fingerprint density at radius 1 is 0.914 bits per heavy atom. The lowest BCUT2D eigenvalue weighted by molar-refractivity contribution is -0.118. The van der Waals surface area contributed by atoms with Crippen LogP contribution in [0.5, 0.6) is 5.75 Å². The first kappa shape index (κ1) is 25.4. The summed E-state index contributed by atoms with van der Waals surface area (Å²) >= 11 is 0. The lowest BCUT2D eigenvalue weighted by Gasteiger charge is -2.15. The number of rotatable bonds is 10. The van der Waals surface area contributed by atoms with E-state index < -0.39 is 30.1 Å². The molecule has 184 valence electrons. The molecule has 10 heteroatoms. The van der Waals surface area contributed by atoms with Crippen LogP contribution in [0.1, 0.15) is 40.5 Å². The number of nitrogens with one attached hydrogen (secondary N) is 3. The van der Waals surface area contributed by atoms with Crippen LogP contribution in [0.4, 0.5) is 10.1 Å². The Balaban J connectivity index is 1.55. The first-order chi connectivity index (χ1) is 16.9. The zero-order chi connectivity index (χ0) is 25.2. The highest BCUT2D eigenvalue weighted by Crippen LogP contribution is 2.18. The summed E-state index contributed by atoms with van der Waals surface area (Å²) in [7, 11) is 0. The van der Waals surface area contributed by atoms with Crippen molar-refractivity contribution < 1.29 is 27.9 Å². The van der Waals surface area contributed by atoms with Crippen molar-refractivity contribution in [2.45, 2.75) is 20.4 Å². The molecule has 0 aliphatic carbocycles. The summed E-state index contributed by atoms with van der Waals surface area (Å²) in [4.78, 5) is 39.2. The number of anilines is 1. The quantitative estimate of drug-likeness (QED) is 0.382. The van der Waals surface area contributed by atoms with Gasteiger partial charge in [0.15, 0.2) is 12.4 Å². The van der Waals surface area contributed by atoms with Crippen LogP contribution in [-0.4, -0.2) is 42.3 Å². The van der Waals surface area contributed by atoms with Crippen molar-refractivity contribution in [1.82, 2.24) is 15.8 Å². The highest BCUT2D eigenvalue weighted by atomic mass is 19.1. The molecule has 35 heavy (non-hydrogen) atoms. The van der Waals surface area contributed by atoms with Crippen LogP contribution >= 0.6 is 0 Å². The van der Waals surface area contributed by atoms with E-state index in [0.29, 0.717) is 12.3 Å². The maximum absolute atomic E-state index is 13.7. The van der Waals surface area contributed by atoms with E-state index in [1.807, 2.05) is 13.8 Å². The fourth-order valence-corrected chi connectivity index (χ4v) is 3.17. The summed E-state index contributed by atoms with van der Waals surface area (Å²) in [6.07, 6.45) is 0. The minimum Gasteiger partial charge on any atom is -0.483 e. The Morgan fingerprint density at radius 2 is 1.60 bits per heavy atom. The smallest absolute Gasteiger partial charge is 0.305 e. The lowest BCUT2D eigenvalue weighted by Crippen LogP contribution is -2.41. The number of nitrogens with zero attached hydrogens (tertiary/aromatic N) is 1. The molecular weight excluding hydrogens is 455 g/mol. The molecule has 3 N–H and O–H groups in total. The first-order valence-corrected chi connectivity index (χ1v) is 11.1. The maximum atomic E-state index is 13.7. The van der Waals surface area contributed by atoms with Gasteiger partial charge in [-0.1, -0.05) is 38.1 Å². The van der Waals surface area contributed by atoms with E-state index in [0.717, 1.165) is 13.1 Å². The Kier molecular flexibility index (Phi) is 8.96. The summed E-state index contributed by atoms with van der Waals surface area (Å²) < 4.78 is 24.7. The van der Waals surface area contributed by atoms with Crippen molar-refractivity contribution in [2.75, 3.05) is 25.0 Å². The number of furan rings is 1. The molecular formula is C25H27FN4O5. The van der Waals surface area contributed by atoms with E-state index in [-0.39, 0.29) is 22.8 Å². The number of hydrazine groups is 1. The Hall–Kier alpha value is -4.18. The summed E-state index contributed by atoms with van der Waals surface area (Å²) in [5.41, 5.74) is 4.72. The monoisotopic (exact) mass is 482 g/mol. The maximum Gasteiger partial charge on any atom is 0.305 e. The molecule has 9 nitrogen and oxygen atoms in total. The number of amides is 3. The van der Waals surface area contributed by atoms with Gasteiger partial charge in [-0.15, -0.1) is 0 Å². The SMILES string of the molecule is CCN(CC)Cc1ccc(C(=O)NNC(=O)c2ccccc2OCC(=O)Nc2ccccc2F)o1. The molecule has 0 atom stereocenters. The molecule has 0 bridgehead atoms. The van der Waals surface area contributed by atoms with Crippen LogP contribution in [0.3, 0.4) is 0 Å². The van der Waals surface area contributed by atoms with E-state index >= 15 is 0 Å². The second-order valence-electron chi connectivity index (χ2n) is 7.45.